The zero-order valence-electron chi connectivity index (χ0n) is 13.2. The number of nitrogens with zero attached hydrogens (tertiary/aromatic N) is 1. The minimum Gasteiger partial charge on any atom is -0.489 e. The van der Waals surface area contributed by atoms with Crippen LogP contribution < -0.4 is 9.04 Å². The molecule has 0 amide bonds. The normalized spacial score (nSPS) is 14.0. The summed E-state index contributed by atoms with van der Waals surface area (Å²) in [6, 6.07) is 8.25. The molecule has 126 valence electrons. The fraction of sp³-hybridized carbons (Fsp3) is 0.235. The molecule has 0 radical (unpaired) electrons. The standard InChI is InChI=1S/C17H16FNO4S/c1-11-9-14(18)4-6-17(11)24(21,22)19-7-8-23-16-5-3-13(12(2)20)10-15(16)19/h3-6,9-10H,7-8H2,1-2H3. The van der Waals surface area contributed by atoms with E-state index < -0.39 is 15.8 Å². The number of carbonyl (C=O) groups excluding carboxylic acids is 1. The molecule has 5 nitrogen and oxygen atoms in total. The van der Waals surface area contributed by atoms with Gasteiger partial charge in [-0.25, -0.2) is 12.8 Å². The van der Waals surface area contributed by atoms with Gasteiger partial charge in [0, 0.05) is 5.56 Å². The predicted molar refractivity (Wildman–Crippen MR) is 87.6 cm³/mol. The maximum absolute atomic E-state index is 13.3. The number of fused-ring (bicyclic) bond motifs is 1. The van der Waals surface area contributed by atoms with Crippen LogP contribution in [0.4, 0.5) is 10.1 Å². The first kappa shape index (κ1) is 16.4. The van der Waals surface area contributed by atoms with Crippen molar-refractivity contribution >= 4 is 21.5 Å². The molecule has 1 aliphatic heterocycles. The van der Waals surface area contributed by atoms with Gasteiger partial charge in [0.2, 0.25) is 0 Å². The zero-order valence-corrected chi connectivity index (χ0v) is 14.1. The second-order valence-corrected chi connectivity index (χ2v) is 7.40. The van der Waals surface area contributed by atoms with Crippen molar-refractivity contribution in [3.8, 4) is 5.75 Å². The van der Waals surface area contributed by atoms with Crippen molar-refractivity contribution in [2.24, 2.45) is 0 Å². The Morgan fingerprint density at radius 1 is 1.21 bits per heavy atom. The van der Waals surface area contributed by atoms with E-state index >= 15 is 0 Å². The van der Waals surface area contributed by atoms with Gasteiger partial charge in [0.05, 0.1) is 17.1 Å². The summed E-state index contributed by atoms with van der Waals surface area (Å²) in [6.45, 7) is 3.27. The van der Waals surface area contributed by atoms with E-state index in [4.69, 9.17) is 4.74 Å². The summed E-state index contributed by atoms with van der Waals surface area (Å²) in [6.07, 6.45) is 0. The van der Waals surface area contributed by atoms with Gasteiger partial charge in [0.15, 0.2) is 5.78 Å². The summed E-state index contributed by atoms with van der Waals surface area (Å²) in [5.41, 5.74) is 1.04. The topological polar surface area (TPSA) is 63.7 Å². The minimum absolute atomic E-state index is 0.0324. The van der Waals surface area contributed by atoms with E-state index in [1.807, 2.05) is 0 Å². The summed E-state index contributed by atoms with van der Waals surface area (Å²) >= 11 is 0. The van der Waals surface area contributed by atoms with Gasteiger partial charge in [-0.05, 0) is 55.8 Å². The Bertz CT molecular complexity index is 924. The molecule has 0 atom stereocenters. The first-order valence-electron chi connectivity index (χ1n) is 7.37. The third-order valence-corrected chi connectivity index (χ3v) is 5.86. The molecular formula is C17H16FNO4S. The van der Waals surface area contributed by atoms with E-state index in [1.165, 1.54) is 29.4 Å². The van der Waals surface area contributed by atoms with E-state index in [0.29, 0.717) is 22.6 Å². The maximum Gasteiger partial charge on any atom is 0.264 e. The van der Waals surface area contributed by atoms with Gasteiger partial charge in [-0.1, -0.05) is 0 Å². The molecule has 2 aromatic rings. The largest absolute Gasteiger partial charge is 0.489 e. The number of hydrogen-bond donors (Lipinski definition) is 0. The molecule has 2 aromatic carbocycles. The Morgan fingerprint density at radius 3 is 2.62 bits per heavy atom. The van der Waals surface area contributed by atoms with E-state index in [1.54, 1.807) is 19.1 Å². The molecule has 0 aliphatic carbocycles. The average molecular weight is 349 g/mol. The van der Waals surface area contributed by atoms with Crippen LogP contribution in [0, 0.1) is 12.7 Å². The highest BCUT2D eigenvalue weighted by Gasteiger charge is 2.31. The Labute approximate surface area is 139 Å². The Balaban J connectivity index is 2.14. The number of anilines is 1. The number of halogens is 1. The number of rotatable bonds is 3. The van der Waals surface area contributed by atoms with E-state index in [-0.39, 0.29) is 23.8 Å². The molecule has 1 heterocycles. The van der Waals surface area contributed by atoms with Crippen LogP contribution in [0.15, 0.2) is 41.3 Å². The lowest BCUT2D eigenvalue weighted by Gasteiger charge is -2.31. The van der Waals surface area contributed by atoms with Crippen LogP contribution in [0.25, 0.3) is 0 Å². The smallest absolute Gasteiger partial charge is 0.264 e. The number of aryl methyl sites for hydroxylation is 1. The van der Waals surface area contributed by atoms with Crippen molar-refractivity contribution in [2.75, 3.05) is 17.5 Å². The number of ether oxygens (including phenoxy) is 1. The molecule has 3 rings (SSSR count). The molecule has 0 N–H and O–H groups in total. The second-order valence-electron chi connectivity index (χ2n) is 5.57. The Hall–Kier alpha value is -2.41. The zero-order chi connectivity index (χ0) is 17.5. The number of Topliss-reactive ketones (excluding diaryl/α,β-unsaturated/α-hetero) is 1. The van der Waals surface area contributed by atoms with Gasteiger partial charge < -0.3 is 4.74 Å². The molecule has 24 heavy (non-hydrogen) atoms. The van der Waals surface area contributed by atoms with Crippen molar-refractivity contribution in [1.29, 1.82) is 0 Å². The van der Waals surface area contributed by atoms with E-state index in [2.05, 4.69) is 0 Å². The molecule has 0 fully saturated rings. The van der Waals surface area contributed by atoms with Gasteiger partial charge in [-0.15, -0.1) is 0 Å². The molecule has 0 saturated carbocycles. The molecule has 1 aliphatic rings. The number of benzene rings is 2. The van der Waals surface area contributed by atoms with Crippen molar-refractivity contribution in [2.45, 2.75) is 18.7 Å². The maximum atomic E-state index is 13.3. The summed E-state index contributed by atoms with van der Waals surface area (Å²) in [4.78, 5) is 11.6. The van der Waals surface area contributed by atoms with Crippen LogP contribution in [0.2, 0.25) is 0 Å². The average Bonchev–Trinajstić information content (AvgIpc) is 2.53. The van der Waals surface area contributed by atoms with Crippen LogP contribution in [0.3, 0.4) is 0 Å². The third-order valence-electron chi connectivity index (χ3n) is 3.89. The van der Waals surface area contributed by atoms with Crippen molar-refractivity contribution in [1.82, 2.24) is 0 Å². The molecule has 0 spiro atoms. The van der Waals surface area contributed by atoms with Crippen LogP contribution >= 0.6 is 0 Å². The third kappa shape index (κ3) is 2.75. The molecule has 7 heteroatoms. The first-order chi connectivity index (χ1) is 11.3. The van der Waals surface area contributed by atoms with Gasteiger partial charge in [0.1, 0.15) is 18.2 Å². The van der Waals surface area contributed by atoms with E-state index in [9.17, 15) is 17.6 Å². The Morgan fingerprint density at radius 2 is 1.96 bits per heavy atom. The highest BCUT2D eigenvalue weighted by atomic mass is 32.2. The lowest BCUT2D eigenvalue weighted by molar-refractivity contribution is 0.101. The molecular weight excluding hydrogens is 333 g/mol. The van der Waals surface area contributed by atoms with Gasteiger partial charge in [-0.3, -0.25) is 9.10 Å². The molecule has 0 bridgehead atoms. The Kier molecular flexibility index (Phi) is 4.04. The number of hydrogen-bond acceptors (Lipinski definition) is 4. The van der Waals surface area contributed by atoms with Crippen LogP contribution in [-0.4, -0.2) is 27.4 Å². The summed E-state index contributed by atoms with van der Waals surface area (Å²) < 4.78 is 46.0. The van der Waals surface area contributed by atoms with Crippen molar-refractivity contribution in [3.05, 3.63) is 53.3 Å². The van der Waals surface area contributed by atoms with Gasteiger partial charge >= 0.3 is 0 Å². The second kappa shape index (κ2) is 5.90. The van der Waals surface area contributed by atoms with Crippen LogP contribution in [0.1, 0.15) is 22.8 Å². The predicted octanol–water partition coefficient (Wildman–Crippen LogP) is 2.92. The summed E-state index contributed by atoms with van der Waals surface area (Å²) in [7, 11) is -3.89. The summed E-state index contributed by atoms with van der Waals surface area (Å²) in [5, 5.41) is 0. The number of sulfonamides is 1. The van der Waals surface area contributed by atoms with Crippen molar-refractivity contribution in [3.63, 3.8) is 0 Å². The highest BCUT2D eigenvalue weighted by molar-refractivity contribution is 7.92. The van der Waals surface area contributed by atoms with Crippen LogP contribution in [-0.2, 0) is 10.0 Å². The number of ketones is 1. The lowest BCUT2D eigenvalue weighted by atomic mass is 10.1. The quantitative estimate of drug-likeness (QED) is 0.799. The molecule has 0 aromatic heterocycles. The monoisotopic (exact) mass is 349 g/mol. The fourth-order valence-electron chi connectivity index (χ4n) is 2.68. The number of carbonyl (C=O) groups is 1. The van der Waals surface area contributed by atoms with Gasteiger partial charge in [-0.2, -0.15) is 0 Å². The highest BCUT2D eigenvalue weighted by Crippen LogP contribution is 2.36. The SMILES string of the molecule is CC(=O)c1ccc2c(c1)N(S(=O)(=O)c1ccc(F)cc1C)CCO2. The lowest BCUT2D eigenvalue weighted by Crippen LogP contribution is -2.38. The minimum atomic E-state index is -3.89. The molecule has 0 saturated heterocycles. The van der Waals surface area contributed by atoms with Crippen molar-refractivity contribution < 1.29 is 22.3 Å². The van der Waals surface area contributed by atoms with Gasteiger partial charge in [0.25, 0.3) is 10.0 Å². The van der Waals surface area contributed by atoms with E-state index in [0.717, 1.165) is 6.07 Å². The summed E-state index contributed by atoms with van der Waals surface area (Å²) in [5.74, 6) is -0.263. The molecule has 0 unspecified atom stereocenters. The first-order valence-corrected chi connectivity index (χ1v) is 8.81. The van der Waals surface area contributed by atoms with Crippen LogP contribution in [0.5, 0.6) is 5.75 Å². The fourth-order valence-corrected chi connectivity index (χ4v) is 4.34.